The Morgan fingerprint density at radius 1 is 0.853 bits per heavy atom. The third-order valence-corrected chi connectivity index (χ3v) is 7.15. The molecule has 0 saturated carbocycles. The lowest BCUT2D eigenvalue weighted by molar-refractivity contribution is -0.0517. The van der Waals surface area contributed by atoms with Gasteiger partial charge in [0.2, 0.25) is 0 Å². The smallest absolute Gasteiger partial charge is 0.485 e. The topological polar surface area (TPSA) is 96.6 Å². The average Bonchev–Trinajstić information content (AvgIpc) is 2.79. The highest BCUT2D eigenvalue weighted by Gasteiger charge is 2.37. The van der Waals surface area contributed by atoms with E-state index in [2.05, 4.69) is 30.3 Å². The van der Waals surface area contributed by atoms with Gasteiger partial charge in [0.15, 0.2) is 24.8 Å². The summed E-state index contributed by atoms with van der Waals surface area (Å²) in [5, 5.41) is 0.792. The van der Waals surface area contributed by atoms with E-state index in [0.717, 1.165) is 10.3 Å². The van der Waals surface area contributed by atoms with Gasteiger partial charge in [-0.3, -0.25) is 0 Å². The number of methoxy groups -OCH3 is 1. The van der Waals surface area contributed by atoms with Crippen molar-refractivity contribution in [2.24, 2.45) is 0 Å². The van der Waals surface area contributed by atoms with Gasteiger partial charge in [-0.25, -0.2) is 13.2 Å². The number of alkyl halides is 3. The molecule has 6 nitrogen and oxygen atoms in total. The predicted molar refractivity (Wildman–Crippen MR) is 120 cm³/mol. The van der Waals surface area contributed by atoms with Crippen molar-refractivity contribution >= 4 is 32.0 Å². The zero-order chi connectivity index (χ0) is 24.9. The fourth-order valence-corrected chi connectivity index (χ4v) is 5.03. The highest BCUT2D eigenvalue weighted by Crippen LogP contribution is 2.34. The van der Waals surface area contributed by atoms with Gasteiger partial charge in [-0.2, -0.15) is 13.2 Å². The highest BCUT2D eigenvalue weighted by molar-refractivity contribution is 7.97. The summed E-state index contributed by atoms with van der Waals surface area (Å²) in [5.74, 6) is 0.530. The molecule has 0 bridgehead atoms. The van der Waals surface area contributed by atoms with Crippen molar-refractivity contribution in [3.05, 3.63) is 95.3 Å². The summed E-state index contributed by atoms with van der Waals surface area (Å²) in [5.41, 5.74) is -5.52. The minimum Gasteiger partial charge on any atom is -0.741 e. The maximum absolute atomic E-state index is 11.8. The molecule has 0 aliphatic heterocycles. The van der Waals surface area contributed by atoms with E-state index in [1.54, 1.807) is 7.11 Å². The second-order valence-electron chi connectivity index (χ2n) is 6.62. The largest absolute Gasteiger partial charge is 0.741 e. The van der Waals surface area contributed by atoms with E-state index in [-0.39, 0.29) is 10.9 Å². The van der Waals surface area contributed by atoms with Gasteiger partial charge in [0.1, 0.15) is 11.3 Å². The maximum atomic E-state index is 11.8. The van der Waals surface area contributed by atoms with Crippen LogP contribution in [-0.2, 0) is 21.0 Å². The molecule has 1 aromatic heterocycles. The number of ether oxygens (including phenoxy) is 1. The van der Waals surface area contributed by atoms with E-state index in [1.165, 1.54) is 15.9 Å². The fourth-order valence-electron chi connectivity index (χ4n) is 2.93. The van der Waals surface area contributed by atoms with E-state index >= 15 is 0 Å². The summed E-state index contributed by atoms with van der Waals surface area (Å²) in [6.07, 6.45) is 0. The molecule has 0 unspecified atom stereocenters. The molecule has 1 heterocycles. The molecule has 4 aromatic rings. The minimum absolute atomic E-state index is 0.289. The van der Waals surface area contributed by atoms with Gasteiger partial charge in [0, 0.05) is 6.07 Å². The van der Waals surface area contributed by atoms with Gasteiger partial charge in [0.05, 0.1) is 29.5 Å². The first-order valence-corrected chi connectivity index (χ1v) is 12.1. The lowest BCUT2D eigenvalue weighted by Gasteiger charge is -2.09. The molecule has 0 atom stereocenters. The van der Waals surface area contributed by atoms with Crippen LogP contribution in [0.25, 0.3) is 11.0 Å². The number of rotatable bonds is 4. The zero-order valence-electron chi connectivity index (χ0n) is 17.5. The number of fused-ring (bicyclic) bond motifs is 1. The second kappa shape index (κ2) is 10.3. The zero-order valence-corrected chi connectivity index (χ0v) is 19.1. The third kappa shape index (κ3) is 5.99. The van der Waals surface area contributed by atoms with Gasteiger partial charge >= 0.3 is 11.1 Å². The van der Waals surface area contributed by atoms with Crippen LogP contribution in [0.3, 0.4) is 0 Å². The first-order valence-electron chi connectivity index (χ1n) is 9.49. The van der Waals surface area contributed by atoms with Gasteiger partial charge in [-0.15, -0.1) is 0 Å². The Kier molecular flexibility index (Phi) is 7.70. The summed E-state index contributed by atoms with van der Waals surface area (Å²) < 4.78 is 69.7. The standard InChI is InChI=1S/C22H17O3S.CHF3O3S/c1-24-20-15-22(23)25-21-14-18(12-13-19(20)21)26(16-8-4-2-5-9-16)17-10-6-3-7-11-17;2-1(3,4)8(5,6)7/h2-15H,1H3;(H,5,6,7)/q+1;/p-1. The third-order valence-electron chi connectivity index (χ3n) is 4.37. The van der Waals surface area contributed by atoms with Crippen LogP contribution in [0.15, 0.2) is 109 Å². The van der Waals surface area contributed by atoms with Crippen molar-refractivity contribution < 1.29 is 35.3 Å². The van der Waals surface area contributed by atoms with Crippen LogP contribution in [0.2, 0.25) is 0 Å². The second-order valence-corrected chi connectivity index (χ2v) is 10.0. The molecule has 3 aromatic carbocycles. The Labute approximate surface area is 195 Å². The Balaban J connectivity index is 0.000000350. The van der Waals surface area contributed by atoms with Crippen LogP contribution in [0.4, 0.5) is 13.2 Å². The first-order chi connectivity index (χ1) is 16.0. The SMILES string of the molecule is COc1cc(=O)oc2cc([S+](c3ccccc3)c3ccccc3)ccc12.O=S(=O)([O-])C(F)(F)F. The van der Waals surface area contributed by atoms with E-state index in [0.29, 0.717) is 11.3 Å². The summed E-state index contributed by atoms with van der Waals surface area (Å²) in [6.45, 7) is 0. The van der Waals surface area contributed by atoms with Gasteiger partial charge in [0.25, 0.3) is 0 Å². The minimum atomic E-state index is -6.09. The monoisotopic (exact) mass is 510 g/mol. The van der Waals surface area contributed by atoms with Crippen LogP contribution in [-0.4, -0.2) is 25.6 Å². The molecule has 4 rings (SSSR count). The number of halogens is 3. The Morgan fingerprint density at radius 2 is 1.35 bits per heavy atom. The molecule has 34 heavy (non-hydrogen) atoms. The Morgan fingerprint density at radius 3 is 1.79 bits per heavy atom. The molecule has 178 valence electrons. The lowest BCUT2D eigenvalue weighted by Crippen LogP contribution is -2.21. The molecule has 0 N–H and O–H groups in total. The van der Waals surface area contributed by atoms with Crippen molar-refractivity contribution in [1.82, 2.24) is 0 Å². The van der Waals surface area contributed by atoms with Crippen LogP contribution >= 0.6 is 0 Å². The molecular weight excluding hydrogens is 493 g/mol. The molecular formula is C23H17F3O6S2. The molecule has 0 aliphatic carbocycles. The van der Waals surface area contributed by atoms with Crippen LogP contribution in [0.1, 0.15) is 0 Å². The first kappa shape index (κ1) is 25.3. The predicted octanol–water partition coefficient (Wildman–Crippen LogP) is 4.95. The molecule has 0 amide bonds. The van der Waals surface area contributed by atoms with E-state index in [4.69, 9.17) is 22.1 Å². The van der Waals surface area contributed by atoms with Gasteiger partial charge < -0.3 is 13.7 Å². The molecule has 11 heteroatoms. The van der Waals surface area contributed by atoms with E-state index < -0.39 is 21.3 Å². The van der Waals surface area contributed by atoms with Crippen LogP contribution < -0.4 is 10.4 Å². The average molecular weight is 511 g/mol. The van der Waals surface area contributed by atoms with Gasteiger partial charge in [-0.05, 0) is 36.4 Å². The van der Waals surface area contributed by atoms with Crippen LogP contribution in [0.5, 0.6) is 5.75 Å². The van der Waals surface area contributed by atoms with Gasteiger partial charge in [-0.1, -0.05) is 36.4 Å². The maximum Gasteiger partial charge on any atom is 0.485 e. The molecule has 0 spiro atoms. The van der Waals surface area contributed by atoms with Crippen molar-refractivity contribution in [2.75, 3.05) is 7.11 Å². The van der Waals surface area contributed by atoms with Crippen molar-refractivity contribution in [2.45, 2.75) is 20.2 Å². The molecule has 0 saturated heterocycles. The quantitative estimate of drug-likeness (QED) is 0.167. The Hall–Kier alpha value is -3.28. The van der Waals surface area contributed by atoms with E-state index in [1.807, 2.05) is 48.5 Å². The van der Waals surface area contributed by atoms with Crippen molar-refractivity contribution in [3.8, 4) is 5.75 Å². The van der Waals surface area contributed by atoms with Crippen molar-refractivity contribution in [1.29, 1.82) is 0 Å². The summed E-state index contributed by atoms with van der Waals surface area (Å²) in [6, 6.07) is 28.1. The molecule has 0 aliphatic rings. The summed E-state index contributed by atoms with van der Waals surface area (Å²) in [4.78, 5) is 15.4. The number of hydrogen-bond acceptors (Lipinski definition) is 6. The number of hydrogen-bond donors (Lipinski definition) is 0. The summed E-state index contributed by atoms with van der Waals surface area (Å²) >= 11 is 0. The van der Waals surface area contributed by atoms with Crippen molar-refractivity contribution in [3.63, 3.8) is 0 Å². The summed E-state index contributed by atoms with van der Waals surface area (Å²) in [7, 11) is -4.82. The number of benzene rings is 3. The molecule has 0 radical (unpaired) electrons. The van der Waals surface area contributed by atoms with E-state index in [9.17, 15) is 18.0 Å². The lowest BCUT2D eigenvalue weighted by atomic mass is 10.2. The fraction of sp³-hybridized carbons (Fsp3) is 0.0870. The van der Waals surface area contributed by atoms with Crippen LogP contribution in [0, 0.1) is 0 Å². The normalized spacial score (nSPS) is 11.7. The Bertz CT molecular complexity index is 1380. The molecule has 0 fully saturated rings. The highest BCUT2D eigenvalue weighted by atomic mass is 32.2.